The van der Waals surface area contributed by atoms with Gasteiger partial charge in [0.25, 0.3) is 0 Å². The Hall–Kier alpha value is -2.45. The van der Waals surface area contributed by atoms with Crippen LogP contribution in [0.2, 0.25) is 0 Å². The number of rotatable bonds is 18. The first kappa shape index (κ1) is 32.9. The zero-order valence-corrected chi connectivity index (χ0v) is 26.8. The molecule has 2 fully saturated rings. The third kappa shape index (κ3) is 7.17. The van der Waals surface area contributed by atoms with E-state index in [0.29, 0.717) is 37.0 Å². The van der Waals surface area contributed by atoms with Gasteiger partial charge >= 0.3 is 0 Å². The summed E-state index contributed by atoms with van der Waals surface area (Å²) >= 11 is 0. The molecular formula is C36H53NO7. The van der Waals surface area contributed by atoms with Crippen molar-refractivity contribution in [3.8, 4) is 11.5 Å². The van der Waals surface area contributed by atoms with Crippen molar-refractivity contribution in [2.75, 3.05) is 6.54 Å². The number of ether oxygens (including phenoxy) is 2. The van der Waals surface area contributed by atoms with Crippen LogP contribution in [-0.4, -0.2) is 52.7 Å². The standard InChI is InChI=1S/C36H53NO7/c1-23(24(2)38)10-7-8-21-37-31(41)13-6-4-3-5-12-27(39)15-19-32(42)43-30-18-16-28-25-11-9-20-36(28)33-26(22-25)14-17-29(40)34(33)44-35(30)36/h14,17,23,25,28,30,32,35,40,42H,3-13,15-16,18-22H2,1-2H3,(H,37,41). The summed E-state index contributed by atoms with van der Waals surface area (Å²) in [5, 5.41) is 24.4. The van der Waals surface area contributed by atoms with E-state index in [1.165, 1.54) is 17.5 Å². The van der Waals surface area contributed by atoms with E-state index in [2.05, 4.69) is 11.4 Å². The second-order valence-corrected chi connectivity index (χ2v) is 14.0. The fourth-order valence-electron chi connectivity index (χ4n) is 8.71. The molecule has 4 aliphatic rings. The van der Waals surface area contributed by atoms with Crippen molar-refractivity contribution in [1.82, 2.24) is 5.32 Å². The molecule has 244 valence electrons. The molecule has 3 aliphatic carbocycles. The molecule has 7 atom stereocenters. The minimum Gasteiger partial charge on any atom is -0.504 e. The Labute approximate surface area is 262 Å². The molecular weight excluding hydrogens is 558 g/mol. The van der Waals surface area contributed by atoms with Crippen molar-refractivity contribution >= 4 is 17.5 Å². The van der Waals surface area contributed by atoms with Crippen LogP contribution in [-0.2, 0) is 31.0 Å². The van der Waals surface area contributed by atoms with Crippen LogP contribution in [0.4, 0.5) is 0 Å². The van der Waals surface area contributed by atoms with Crippen LogP contribution >= 0.6 is 0 Å². The van der Waals surface area contributed by atoms with Crippen molar-refractivity contribution in [3.05, 3.63) is 23.3 Å². The summed E-state index contributed by atoms with van der Waals surface area (Å²) in [6, 6.07) is 3.83. The summed E-state index contributed by atoms with van der Waals surface area (Å²) in [4.78, 5) is 35.8. The summed E-state index contributed by atoms with van der Waals surface area (Å²) in [5.74, 6) is 2.52. The summed E-state index contributed by atoms with van der Waals surface area (Å²) in [7, 11) is 0. The number of phenolic OH excluding ortho intramolecular Hbond substituents is 1. The maximum Gasteiger partial charge on any atom is 0.219 e. The van der Waals surface area contributed by atoms with Crippen molar-refractivity contribution in [3.63, 3.8) is 0 Å². The molecule has 0 saturated heterocycles. The van der Waals surface area contributed by atoms with Crippen LogP contribution in [0, 0.1) is 17.8 Å². The van der Waals surface area contributed by atoms with Crippen LogP contribution in [0.15, 0.2) is 12.1 Å². The number of Topliss-reactive ketones (excluding diaryl/α,β-unsaturated/α-hetero) is 2. The van der Waals surface area contributed by atoms with E-state index in [1.54, 1.807) is 13.0 Å². The highest BCUT2D eigenvalue weighted by molar-refractivity contribution is 5.78. The van der Waals surface area contributed by atoms with Crippen LogP contribution in [0.25, 0.3) is 0 Å². The number of nitrogens with one attached hydrogen (secondary N) is 1. The van der Waals surface area contributed by atoms with Gasteiger partial charge in [0.15, 0.2) is 17.8 Å². The number of carbonyl (C=O) groups excluding carboxylic acids is 3. The molecule has 3 N–H and O–H groups in total. The third-order valence-electron chi connectivity index (χ3n) is 11.1. The molecule has 2 saturated carbocycles. The van der Waals surface area contributed by atoms with E-state index in [9.17, 15) is 24.6 Å². The first-order chi connectivity index (χ1) is 21.2. The SMILES string of the molecule is CC(=O)C(C)CCCCNC(=O)CCCCCCC(=O)CCC(O)OC1CCC2C3CCCC24c2c(ccc(O)c2OC14)C3. The average Bonchev–Trinajstić information content (AvgIpc) is 3.34. The largest absolute Gasteiger partial charge is 0.504 e. The molecule has 44 heavy (non-hydrogen) atoms. The first-order valence-electron chi connectivity index (χ1n) is 17.3. The maximum absolute atomic E-state index is 12.5. The summed E-state index contributed by atoms with van der Waals surface area (Å²) in [5.41, 5.74) is 2.37. The fraction of sp³-hybridized carbons (Fsp3) is 0.750. The van der Waals surface area contributed by atoms with Gasteiger partial charge in [-0.1, -0.05) is 38.7 Å². The Morgan fingerprint density at radius 2 is 1.82 bits per heavy atom. The number of phenols is 1. The number of unbranched alkanes of at least 4 members (excludes halogenated alkanes) is 4. The second kappa shape index (κ2) is 14.8. The monoisotopic (exact) mass is 611 g/mol. The van der Waals surface area contributed by atoms with Gasteiger partial charge in [-0.25, -0.2) is 0 Å². The molecule has 1 aromatic rings. The van der Waals surface area contributed by atoms with E-state index in [0.717, 1.165) is 77.0 Å². The van der Waals surface area contributed by atoms with E-state index in [4.69, 9.17) is 9.47 Å². The molecule has 1 heterocycles. The van der Waals surface area contributed by atoms with Gasteiger partial charge in [0.05, 0.1) is 6.10 Å². The minimum absolute atomic E-state index is 0.0682. The number of ketones is 2. The molecule has 5 rings (SSSR count). The smallest absolute Gasteiger partial charge is 0.219 e. The van der Waals surface area contributed by atoms with Gasteiger partial charge in [-0.05, 0) is 88.2 Å². The Bertz CT molecular complexity index is 1180. The zero-order chi connectivity index (χ0) is 31.3. The number of amides is 1. The lowest BCUT2D eigenvalue weighted by Crippen LogP contribution is -2.60. The molecule has 1 spiro atoms. The number of hydrogen-bond donors (Lipinski definition) is 3. The third-order valence-corrected chi connectivity index (χ3v) is 11.1. The first-order valence-corrected chi connectivity index (χ1v) is 17.3. The molecule has 1 aliphatic heterocycles. The topological polar surface area (TPSA) is 122 Å². The van der Waals surface area contributed by atoms with E-state index < -0.39 is 6.29 Å². The summed E-state index contributed by atoms with van der Waals surface area (Å²) < 4.78 is 12.7. The van der Waals surface area contributed by atoms with Gasteiger partial charge in [0.1, 0.15) is 17.7 Å². The maximum atomic E-state index is 12.5. The number of benzene rings is 1. The molecule has 7 unspecified atom stereocenters. The number of hydrogen-bond acceptors (Lipinski definition) is 7. The highest BCUT2D eigenvalue weighted by Gasteiger charge is 2.64. The lowest BCUT2D eigenvalue weighted by atomic mass is 9.48. The van der Waals surface area contributed by atoms with E-state index >= 15 is 0 Å². The highest BCUT2D eigenvalue weighted by atomic mass is 16.6. The van der Waals surface area contributed by atoms with Crippen molar-refractivity contribution in [2.45, 2.75) is 147 Å². The average molecular weight is 612 g/mol. The van der Waals surface area contributed by atoms with Crippen LogP contribution < -0.4 is 10.1 Å². The van der Waals surface area contributed by atoms with E-state index in [-0.39, 0.29) is 59.6 Å². The number of carbonyl (C=O) groups is 3. The van der Waals surface area contributed by atoms with Crippen molar-refractivity contribution < 1.29 is 34.1 Å². The number of aliphatic hydroxyl groups excluding tert-OH is 1. The highest BCUT2D eigenvalue weighted by Crippen LogP contribution is 2.66. The Kier molecular flexibility index (Phi) is 11.0. The molecule has 0 aromatic heterocycles. The predicted octanol–water partition coefficient (Wildman–Crippen LogP) is 6.06. The molecule has 1 aromatic carbocycles. The van der Waals surface area contributed by atoms with Gasteiger partial charge in [-0.3, -0.25) is 14.4 Å². The van der Waals surface area contributed by atoms with Crippen LogP contribution in [0.1, 0.15) is 128 Å². The number of aliphatic hydroxyl groups is 1. The van der Waals surface area contributed by atoms with Crippen LogP contribution in [0.5, 0.6) is 11.5 Å². The summed E-state index contributed by atoms with van der Waals surface area (Å²) in [6.45, 7) is 4.23. The number of aromatic hydroxyl groups is 1. The lowest BCUT2D eigenvalue weighted by Gasteiger charge is -2.56. The normalized spacial score (nSPS) is 27.6. The van der Waals surface area contributed by atoms with Gasteiger partial charge in [-0.15, -0.1) is 0 Å². The quantitative estimate of drug-likeness (QED) is 0.136. The predicted molar refractivity (Wildman–Crippen MR) is 167 cm³/mol. The molecule has 1 amide bonds. The van der Waals surface area contributed by atoms with Gasteiger partial charge in [-0.2, -0.15) is 0 Å². The van der Waals surface area contributed by atoms with Crippen molar-refractivity contribution in [2.24, 2.45) is 17.8 Å². The van der Waals surface area contributed by atoms with Crippen LogP contribution in [0.3, 0.4) is 0 Å². The molecule has 8 heteroatoms. The van der Waals surface area contributed by atoms with E-state index in [1.807, 2.05) is 6.92 Å². The fourth-order valence-corrected chi connectivity index (χ4v) is 8.71. The Morgan fingerprint density at radius 1 is 1.02 bits per heavy atom. The zero-order valence-electron chi connectivity index (χ0n) is 26.8. The Balaban J connectivity index is 0.964. The Morgan fingerprint density at radius 3 is 2.61 bits per heavy atom. The minimum atomic E-state index is -1.02. The molecule has 0 radical (unpaired) electrons. The second-order valence-electron chi connectivity index (χ2n) is 14.0. The lowest BCUT2D eigenvalue weighted by molar-refractivity contribution is -0.194. The van der Waals surface area contributed by atoms with Gasteiger partial charge in [0, 0.05) is 49.1 Å². The summed E-state index contributed by atoms with van der Waals surface area (Å²) in [6.07, 6.45) is 12.5. The molecule has 2 bridgehead atoms. The van der Waals surface area contributed by atoms with Gasteiger partial charge in [0.2, 0.25) is 5.91 Å². The van der Waals surface area contributed by atoms with Crippen molar-refractivity contribution in [1.29, 1.82) is 0 Å². The molecule has 8 nitrogen and oxygen atoms in total. The van der Waals surface area contributed by atoms with Gasteiger partial charge < -0.3 is 25.0 Å².